The summed E-state index contributed by atoms with van der Waals surface area (Å²) in [4.78, 5) is 2.57. The van der Waals surface area contributed by atoms with E-state index in [1.807, 2.05) is 12.1 Å². The van der Waals surface area contributed by atoms with Gasteiger partial charge in [0.2, 0.25) is 0 Å². The number of nitrogen functional groups attached to an aromatic ring is 1. The maximum Gasteiger partial charge on any atom is 0.139 e. The Labute approximate surface area is 172 Å². The molecule has 1 saturated heterocycles. The molecule has 3 atom stereocenters. The summed E-state index contributed by atoms with van der Waals surface area (Å²) < 4.78 is 6.81. The first kappa shape index (κ1) is 18.5. The number of rotatable bonds is 3. The van der Waals surface area contributed by atoms with Gasteiger partial charge in [0, 0.05) is 23.7 Å². The largest absolute Gasteiger partial charge is 0.483 e. The van der Waals surface area contributed by atoms with Crippen LogP contribution in [0.15, 0.2) is 60.7 Å². The molecule has 1 aliphatic carbocycles. The maximum absolute atomic E-state index is 6.81. The van der Waals surface area contributed by atoms with E-state index < -0.39 is 0 Å². The molecule has 29 heavy (non-hydrogen) atoms. The van der Waals surface area contributed by atoms with Crippen molar-refractivity contribution in [3.8, 4) is 5.75 Å². The van der Waals surface area contributed by atoms with Crippen molar-refractivity contribution < 1.29 is 4.74 Å². The van der Waals surface area contributed by atoms with E-state index in [1.165, 1.54) is 17.5 Å². The van der Waals surface area contributed by atoms with Crippen molar-refractivity contribution in [3.05, 3.63) is 71.8 Å². The van der Waals surface area contributed by atoms with E-state index in [2.05, 4.69) is 53.4 Å². The average Bonchev–Trinajstić information content (AvgIpc) is 2.74. The summed E-state index contributed by atoms with van der Waals surface area (Å²) in [6.07, 6.45) is 4.49. The van der Waals surface area contributed by atoms with E-state index in [1.54, 1.807) is 0 Å². The molecule has 0 radical (unpaired) electrons. The van der Waals surface area contributed by atoms with Gasteiger partial charge in [0.25, 0.3) is 0 Å². The van der Waals surface area contributed by atoms with E-state index >= 15 is 0 Å². The number of anilines is 1. The Morgan fingerprint density at radius 3 is 2.76 bits per heavy atom. The summed E-state index contributed by atoms with van der Waals surface area (Å²) in [5, 5.41) is 2.22. The molecule has 0 unspecified atom stereocenters. The van der Waals surface area contributed by atoms with Gasteiger partial charge in [-0.1, -0.05) is 36.4 Å². The zero-order valence-electron chi connectivity index (χ0n) is 16.8. The minimum absolute atomic E-state index is 0.00778. The molecule has 0 amide bonds. The molecule has 4 nitrogen and oxygen atoms in total. The zero-order valence-corrected chi connectivity index (χ0v) is 16.8. The molecule has 0 aromatic heterocycles. The summed E-state index contributed by atoms with van der Waals surface area (Å²) in [6.45, 7) is 2.06. The van der Waals surface area contributed by atoms with Gasteiger partial charge in [0.05, 0.1) is 6.04 Å². The predicted molar refractivity (Wildman–Crippen MR) is 119 cm³/mol. The molecule has 150 valence electrons. The van der Waals surface area contributed by atoms with Gasteiger partial charge in [-0.25, -0.2) is 0 Å². The highest BCUT2D eigenvalue weighted by Gasteiger charge is 2.36. The van der Waals surface area contributed by atoms with Crippen molar-refractivity contribution >= 4 is 16.5 Å². The molecule has 3 aromatic carbocycles. The Balaban J connectivity index is 1.54. The Morgan fingerprint density at radius 2 is 1.86 bits per heavy atom. The number of fused-ring (bicyclic) bond motifs is 2. The molecule has 0 bridgehead atoms. The second-order valence-electron chi connectivity index (χ2n) is 8.48. The van der Waals surface area contributed by atoms with Crippen molar-refractivity contribution in [3.63, 3.8) is 0 Å². The molecule has 0 spiro atoms. The van der Waals surface area contributed by atoms with Gasteiger partial charge in [0.15, 0.2) is 0 Å². The Morgan fingerprint density at radius 1 is 0.966 bits per heavy atom. The van der Waals surface area contributed by atoms with Gasteiger partial charge in [-0.2, -0.15) is 0 Å². The fourth-order valence-corrected chi connectivity index (χ4v) is 5.07. The lowest BCUT2D eigenvalue weighted by Gasteiger charge is -2.43. The van der Waals surface area contributed by atoms with E-state index in [0.717, 1.165) is 54.6 Å². The second-order valence-corrected chi connectivity index (χ2v) is 8.48. The van der Waals surface area contributed by atoms with Crippen molar-refractivity contribution in [2.24, 2.45) is 5.73 Å². The first-order chi connectivity index (χ1) is 14.2. The van der Waals surface area contributed by atoms with Crippen LogP contribution in [0.3, 0.4) is 0 Å². The lowest BCUT2D eigenvalue weighted by atomic mass is 9.84. The third kappa shape index (κ3) is 3.59. The van der Waals surface area contributed by atoms with Crippen LogP contribution in [0.5, 0.6) is 5.75 Å². The number of ether oxygens (including phenoxy) is 1. The minimum Gasteiger partial charge on any atom is -0.483 e. The van der Waals surface area contributed by atoms with Crippen LogP contribution in [-0.2, 0) is 6.42 Å². The normalized spacial score (nSPS) is 24.9. The van der Waals surface area contributed by atoms with Crippen LogP contribution in [0.2, 0.25) is 0 Å². The summed E-state index contributed by atoms with van der Waals surface area (Å²) in [5.41, 5.74) is 15.8. The van der Waals surface area contributed by atoms with E-state index in [9.17, 15) is 0 Å². The molecule has 5 rings (SSSR count). The molecule has 4 N–H and O–H groups in total. The van der Waals surface area contributed by atoms with Crippen LogP contribution < -0.4 is 16.2 Å². The number of nitrogens with two attached hydrogens (primary N) is 2. The third-order valence-electron chi connectivity index (χ3n) is 6.50. The number of hydrogen-bond donors (Lipinski definition) is 2. The summed E-state index contributed by atoms with van der Waals surface area (Å²) >= 11 is 0. The number of benzene rings is 3. The third-order valence-corrected chi connectivity index (χ3v) is 6.50. The summed E-state index contributed by atoms with van der Waals surface area (Å²) in [5.74, 6) is 0.926. The van der Waals surface area contributed by atoms with E-state index in [4.69, 9.17) is 16.2 Å². The molecule has 2 aliphatic rings. The highest BCUT2D eigenvalue weighted by Crippen LogP contribution is 2.39. The van der Waals surface area contributed by atoms with E-state index in [0.29, 0.717) is 6.04 Å². The van der Waals surface area contributed by atoms with Crippen LogP contribution in [0.25, 0.3) is 10.8 Å². The zero-order chi connectivity index (χ0) is 19.8. The van der Waals surface area contributed by atoms with Crippen LogP contribution in [0, 0.1) is 0 Å². The molecule has 1 heterocycles. The number of hydrogen-bond acceptors (Lipinski definition) is 4. The monoisotopic (exact) mass is 387 g/mol. The molecule has 1 aliphatic heterocycles. The van der Waals surface area contributed by atoms with E-state index in [-0.39, 0.29) is 12.1 Å². The number of piperidine rings is 1. The molecule has 4 heteroatoms. The fraction of sp³-hybridized carbons (Fsp3) is 0.360. The summed E-state index contributed by atoms with van der Waals surface area (Å²) in [6, 6.07) is 21.6. The Hall–Kier alpha value is -2.56. The Bertz CT molecular complexity index is 1020. The first-order valence-corrected chi connectivity index (χ1v) is 10.7. The van der Waals surface area contributed by atoms with Gasteiger partial charge >= 0.3 is 0 Å². The van der Waals surface area contributed by atoms with Crippen LogP contribution >= 0.6 is 0 Å². The quantitative estimate of drug-likeness (QED) is 0.659. The van der Waals surface area contributed by atoms with Gasteiger partial charge < -0.3 is 16.2 Å². The van der Waals surface area contributed by atoms with Crippen LogP contribution in [-0.4, -0.2) is 30.1 Å². The SMILES string of the molecule is Nc1ccc2c(O[C@H]3c4ccccc4CC[C@@H]3N3CCC[C@@H](N)C3)cccc2c1. The average molecular weight is 388 g/mol. The highest BCUT2D eigenvalue weighted by atomic mass is 16.5. The highest BCUT2D eigenvalue weighted by molar-refractivity contribution is 5.90. The van der Waals surface area contributed by atoms with Crippen molar-refractivity contribution in [1.29, 1.82) is 0 Å². The minimum atomic E-state index is 0.00778. The molecular weight excluding hydrogens is 358 g/mol. The smallest absolute Gasteiger partial charge is 0.139 e. The molecule has 0 saturated carbocycles. The van der Waals surface area contributed by atoms with Crippen LogP contribution in [0.4, 0.5) is 5.69 Å². The van der Waals surface area contributed by atoms with Gasteiger partial charge in [0.1, 0.15) is 11.9 Å². The first-order valence-electron chi connectivity index (χ1n) is 10.7. The fourth-order valence-electron chi connectivity index (χ4n) is 5.07. The lowest BCUT2D eigenvalue weighted by molar-refractivity contribution is 0.0375. The van der Waals surface area contributed by atoms with Gasteiger partial charge in [-0.15, -0.1) is 0 Å². The van der Waals surface area contributed by atoms with Crippen molar-refractivity contribution in [2.45, 2.75) is 43.9 Å². The van der Waals surface area contributed by atoms with Gasteiger partial charge in [-0.3, -0.25) is 4.90 Å². The standard InChI is InChI=1S/C25H29N3O/c26-19-11-12-21-18(15-19)6-3-9-24(21)29-25-22-8-2-1-5-17(22)10-13-23(25)28-14-4-7-20(27)16-28/h1-3,5-6,8-9,11-12,15,20,23,25H,4,7,10,13-14,16,26-27H2/t20-,23+,25+/m1/s1. The molecule has 3 aromatic rings. The number of nitrogens with zero attached hydrogens (tertiary/aromatic N) is 1. The predicted octanol–water partition coefficient (Wildman–Crippen LogP) is 4.28. The van der Waals surface area contributed by atoms with Crippen molar-refractivity contribution in [1.82, 2.24) is 4.90 Å². The number of likely N-dealkylation sites (tertiary alicyclic amines) is 1. The second kappa shape index (κ2) is 7.69. The van der Waals surface area contributed by atoms with Crippen LogP contribution in [0.1, 0.15) is 36.5 Å². The number of aryl methyl sites for hydroxylation is 1. The van der Waals surface area contributed by atoms with Gasteiger partial charge in [-0.05, 0) is 73.0 Å². The Kier molecular flexibility index (Phi) is 4.90. The maximum atomic E-state index is 6.81. The molecule has 1 fully saturated rings. The lowest BCUT2D eigenvalue weighted by Crippen LogP contribution is -2.51. The summed E-state index contributed by atoms with van der Waals surface area (Å²) in [7, 11) is 0. The topological polar surface area (TPSA) is 64.5 Å². The molecular formula is C25H29N3O. The van der Waals surface area contributed by atoms with Crippen molar-refractivity contribution in [2.75, 3.05) is 18.8 Å².